The van der Waals surface area contributed by atoms with E-state index in [0.29, 0.717) is 25.3 Å². The van der Waals surface area contributed by atoms with Crippen LogP contribution in [0.3, 0.4) is 0 Å². The summed E-state index contributed by atoms with van der Waals surface area (Å²) in [5, 5.41) is 13.0. The smallest absolute Gasteiger partial charge is 0.255 e. The van der Waals surface area contributed by atoms with E-state index in [1.54, 1.807) is 25.3 Å². The average Bonchev–Trinajstić information content (AvgIpc) is 3.20. The summed E-state index contributed by atoms with van der Waals surface area (Å²) in [5.41, 5.74) is 5.77. The Labute approximate surface area is 208 Å². The van der Waals surface area contributed by atoms with Crippen molar-refractivity contribution in [1.29, 1.82) is 0 Å². The zero-order chi connectivity index (χ0) is 26.0. The highest BCUT2D eigenvalue weighted by Crippen LogP contribution is 2.43. The van der Waals surface area contributed by atoms with Gasteiger partial charge in [-0.15, -0.1) is 0 Å². The number of phenols is 1. The van der Waals surface area contributed by atoms with E-state index in [4.69, 9.17) is 4.74 Å². The maximum Gasteiger partial charge on any atom is 0.255 e. The highest BCUT2D eigenvalue weighted by molar-refractivity contribution is 7.92. The van der Waals surface area contributed by atoms with Crippen LogP contribution in [0.15, 0.2) is 24.3 Å². The van der Waals surface area contributed by atoms with Crippen LogP contribution in [0.1, 0.15) is 46.5 Å². The second-order valence-electron chi connectivity index (χ2n) is 10.1. The molecule has 0 aromatic heterocycles. The Hall–Kier alpha value is -2.78. The van der Waals surface area contributed by atoms with E-state index in [1.807, 2.05) is 13.8 Å². The number of para-hydroxylation sites is 1. The fourth-order valence-corrected chi connectivity index (χ4v) is 5.44. The molecule has 0 atom stereocenters. The van der Waals surface area contributed by atoms with Crippen molar-refractivity contribution in [3.63, 3.8) is 0 Å². The fraction of sp³-hybridized carbons (Fsp3) is 0.500. The number of fused-ring (bicyclic) bond motifs is 1. The molecule has 2 aromatic carbocycles. The van der Waals surface area contributed by atoms with Crippen molar-refractivity contribution in [2.24, 2.45) is 5.41 Å². The Kier molecular flexibility index (Phi) is 8.01. The van der Waals surface area contributed by atoms with Crippen molar-refractivity contribution in [3.05, 3.63) is 52.1 Å². The van der Waals surface area contributed by atoms with Crippen molar-refractivity contribution in [3.8, 4) is 5.75 Å². The molecule has 0 spiro atoms. The number of nitrogens with one attached hydrogen (secondary N) is 2. The van der Waals surface area contributed by atoms with E-state index in [0.717, 1.165) is 47.5 Å². The summed E-state index contributed by atoms with van der Waals surface area (Å²) >= 11 is 0. The van der Waals surface area contributed by atoms with Crippen LogP contribution < -0.4 is 14.9 Å². The molecule has 1 aliphatic heterocycles. The van der Waals surface area contributed by atoms with Crippen molar-refractivity contribution < 1.29 is 23.1 Å². The minimum absolute atomic E-state index is 0.0553. The number of anilines is 2. The van der Waals surface area contributed by atoms with Crippen LogP contribution in [-0.4, -0.2) is 59.0 Å². The minimum Gasteiger partial charge on any atom is -0.507 e. The molecule has 1 heterocycles. The zero-order valence-corrected chi connectivity index (χ0v) is 22.3. The molecule has 2 aromatic rings. The van der Waals surface area contributed by atoms with Gasteiger partial charge in [0.25, 0.3) is 5.91 Å². The number of hydrogen-bond acceptors (Lipinski definition) is 6. The summed E-state index contributed by atoms with van der Waals surface area (Å²) in [6.07, 6.45) is 2.63. The normalized spacial score (nSPS) is 13.6. The van der Waals surface area contributed by atoms with E-state index < -0.39 is 10.0 Å². The molecule has 8 nitrogen and oxygen atoms in total. The second kappa shape index (κ2) is 10.5. The molecule has 192 valence electrons. The number of nitrogens with zero attached hydrogens (tertiary/aromatic N) is 1. The Morgan fingerprint density at radius 2 is 1.89 bits per heavy atom. The number of hydrogen-bond donors (Lipinski definition) is 3. The maximum absolute atomic E-state index is 12.7. The monoisotopic (exact) mass is 503 g/mol. The maximum atomic E-state index is 12.7. The molecule has 3 rings (SSSR count). The van der Waals surface area contributed by atoms with Crippen molar-refractivity contribution in [1.82, 2.24) is 5.32 Å². The molecular formula is C26H37N3O5S. The number of phenolic OH excluding ortho intramolecular Hbond substituents is 1. The van der Waals surface area contributed by atoms with Crippen molar-refractivity contribution in [2.45, 2.75) is 40.5 Å². The van der Waals surface area contributed by atoms with Crippen LogP contribution in [0.2, 0.25) is 0 Å². The van der Waals surface area contributed by atoms with Gasteiger partial charge in [0.2, 0.25) is 10.0 Å². The van der Waals surface area contributed by atoms with Gasteiger partial charge in [0, 0.05) is 32.4 Å². The SMILES string of the molecule is COCCN1CCc2c(C)c(NS(C)(=O)=O)c(C)c(CC(C)(C)CNC(=O)c3ccccc3O)c21. The number of benzene rings is 2. The average molecular weight is 504 g/mol. The third-order valence-electron chi connectivity index (χ3n) is 6.56. The van der Waals surface area contributed by atoms with Crippen LogP contribution in [-0.2, 0) is 27.6 Å². The Morgan fingerprint density at radius 1 is 1.20 bits per heavy atom. The number of amides is 1. The highest BCUT2D eigenvalue weighted by Gasteiger charge is 2.32. The standard InChI is InChI=1S/C26H37N3O5S/c1-17-19-11-12-29(13-14-34-5)24(19)21(18(2)23(17)28-35(6,32)33)15-26(3,4)16-27-25(31)20-9-7-8-10-22(20)30/h7-10,28,30H,11-16H2,1-6H3,(H,27,31). The van der Waals surface area contributed by atoms with Gasteiger partial charge in [-0.1, -0.05) is 26.0 Å². The van der Waals surface area contributed by atoms with E-state index in [1.165, 1.54) is 12.3 Å². The molecule has 0 unspecified atom stereocenters. The number of carbonyl (C=O) groups excluding carboxylic acids is 1. The lowest BCUT2D eigenvalue weighted by molar-refractivity contribution is 0.0933. The predicted octanol–water partition coefficient (Wildman–Crippen LogP) is 3.39. The van der Waals surface area contributed by atoms with Crippen LogP contribution in [0.25, 0.3) is 0 Å². The molecule has 0 saturated carbocycles. The summed E-state index contributed by atoms with van der Waals surface area (Å²) in [6, 6.07) is 6.47. The number of aromatic hydroxyl groups is 1. The van der Waals surface area contributed by atoms with Crippen LogP contribution >= 0.6 is 0 Å². The molecule has 35 heavy (non-hydrogen) atoms. The molecule has 1 aliphatic rings. The van der Waals surface area contributed by atoms with Gasteiger partial charge >= 0.3 is 0 Å². The number of sulfonamides is 1. The first-order chi connectivity index (χ1) is 16.3. The number of ether oxygens (including phenoxy) is 1. The first kappa shape index (κ1) is 26.8. The number of carbonyl (C=O) groups is 1. The van der Waals surface area contributed by atoms with E-state index in [-0.39, 0.29) is 22.6 Å². The van der Waals surface area contributed by atoms with Gasteiger partial charge in [-0.25, -0.2) is 8.42 Å². The summed E-state index contributed by atoms with van der Waals surface area (Å²) in [5.74, 6) is -0.386. The molecule has 0 radical (unpaired) electrons. The molecule has 0 aliphatic carbocycles. The Balaban J connectivity index is 1.95. The Bertz CT molecular complexity index is 1210. The topological polar surface area (TPSA) is 108 Å². The third kappa shape index (κ3) is 6.27. The molecular weight excluding hydrogens is 466 g/mol. The lowest BCUT2D eigenvalue weighted by Gasteiger charge is -2.31. The van der Waals surface area contributed by atoms with Gasteiger partial charge in [0.1, 0.15) is 5.75 Å². The lowest BCUT2D eigenvalue weighted by Crippen LogP contribution is -2.36. The van der Waals surface area contributed by atoms with Crippen LogP contribution in [0, 0.1) is 19.3 Å². The van der Waals surface area contributed by atoms with Gasteiger partial charge in [-0.3, -0.25) is 9.52 Å². The van der Waals surface area contributed by atoms with Crippen molar-refractivity contribution in [2.75, 3.05) is 49.2 Å². The zero-order valence-electron chi connectivity index (χ0n) is 21.5. The summed E-state index contributed by atoms with van der Waals surface area (Å²) in [7, 11) is -1.76. The van der Waals surface area contributed by atoms with E-state index in [9.17, 15) is 18.3 Å². The molecule has 0 bridgehead atoms. The van der Waals surface area contributed by atoms with E-state index in [2.05, 4.69) is 28.8 Å². The molecule has 1 amide bonds. The third-order valence-corrected chi connectivity index (χ3v) is 7.13. The Morgan fingerprint density at radius 3 is 2.51 bits per heavy atom. The minimum atomic E-state index is -3.45. The number of rotatable bonds is 10. The lowest BCUT2D eigenvalue weighted by atomic mass is 9.81. The van der Waals surface area contributed by atoms with E-state index >= 15 is 0 Å². The van der Waals surface area contributed by atoms with Gasteiger partial charge in [0.05, 0.1) is 24.1 Å². The quantitative estimate of drug-likeness (QED) is 0.459. The highest BCUT2D eigenvalue weighted by atomic mass is 32.2. The first-order valence-corrected chi connectivity index (χ1v) is 13.7. The largest absolute Gasteiger partial charge is 0.507 e. The van der Waals surface area contributed by atoms with Crippen LogP contribution in [0.4, 0.5) is 11.4 Å². The van der Waals surface area contributed by atoms with Crippen LogP contribution in [0.5, 0.6) is 5.75 Å². The fourth-order valence-electron chi connectivity index (χ4n) is 4.77. The summed E-state index contributed by atoms with van der Waals surface area (Å²) in [6.45, 7) is 10.6. The summed E-state index contributed by atoms with van der Waals surface area (Å²) < 4.78 is 32.3. The first-order valence-electron chi connectivity index (χ1n) is 11.8. The van der Waals surface area contributed by atoms with Gasteiger partial charge in [0.15, 0.2) is 0 Å². The van der Waals surface area contributed by atoms with Crippen molar-refractivity contribution >= 4 is 27.3 Å². The molecule has 9 heteroatoms. The van der Waals surface area contributed by atoms with Gasteiger partial charge < -0.3 is 20.1 Å². The second-order valence-corrected chi connectivity index (χ2v) is 11.8. The predicted molar refractivity (Wildman–Crippen MR) is 140 cm³/mol. The van der Waals surface area contributed by atoms with Gasteiger partial charge in [-0.05, 0) is 66.5 Å². The molecule has 3 N–H and O–H groups in total. The molecule has 0 fully saturated rings. The molecule has 0 saturated heterocycles. The number of methoxy groups -OCH3 is 1. The summed E-state index contributed by atoms with van der Waals surface area (Å²) in [4.78, 5) is 15.0. The van der Waals surface area contributed by atoms with Gasteiger partial charge in [-0.2, -0.15) is 0 Å².